The highest BCUT2D eigenvalue weighted by atomic mass is 35.5. The minimum atomic E-state index is -2.83. The Hall–Kier alpha value is -1.43. The molecule has 1 N–H and O–H groups in total. The van der Waals surface area contributed by atoms with Gasteiger partial charge in [0.1, 0.15) is 0 Å². The standard InChI is InChI=1S/C8H6ClF2NO3/c1-15-6-4(9)3(7(10)11)2-12-5(6)8(13)14/h2,7H,1H3,(H,13,14). The van der Waals surface area contributed by atoms with Crippen molar-refractivity contribution in [1.29, 1.82) is 0 Å². The van der Waals surface area contributed by atoms with Crippen molar-refractivity contribution in [2.75, 3.05) is 7.11 Å². The molecule has 0 fully saturated rings. The van der Waals surface area contributed by atoms with Crippen LogP contribution in [-0.2, 0) is 0 Å². The highest BCUT2D eigenvalue weighted by Gasteiger charge is 2.22. The first kappa shape index (κ1) is 11.6. The third-order valence-electron chi connectivity index (χ3n) is 1.64. The van der Waals surface area contributed by atoms with Crippen molar-refractivity contribution in [1.82, 2.24) is 4.98 Å². The van der Waals surface area contributed by atoms with Crippen LogP contribution in [0, 0.1) is 0 Å². The zero-order valence-corrected chi connectivity index (χ0v) is 8.26. The number of carbonyl (C=O) groups is 1. The fraction of sp³-hybridized carbons (Fsp3) is 0.250. The Bertz CT molecular complexity index is 398. The average Bonchev–Trinajstić information content (AvgIpc) is 2.16. The summed E-state index contributed by atoms with van der Waals surface area (Å²) in [6.45, 7) is 0. The van der Waals surface area contributed by atoms with E-state index < -0.39 is 28.7 Å². The third kappa shape index (κ3) is 2.15. The molecule has 0 saturated carbocycles. The largest absolute Gasteiger partial charge is 0.493 e. The zero-order chi connectivity index (χ0) is 11.6. The first-order valence-corrected chi connectivity index (χ1v) is 4.10. The van der Waals surface area contributed by atoms with Gasteiger partial charge in [0, 0.05) is 6.20 Å². The zero-order valence-electron chi connectivity index (χ0n) is 7.50. The Morgan fingerprint density at radius 3 is 2.67 bits per heavy atom. The minimum Gasteiger partial charge on any atom is -0.493 e. The van der Waals surface area contributed by atoms with Gasteiger partial charge in [0.15, 0.2) is 11.4 Å². The molecule has 7 heteroatoms. The molecular formula is C8H6ClF2NO3. The van der Waals surface area contributed by atoms with Crippen molar-refractivity contribution in [3.8, 4) is 5.75 Å². The summed E-state index contributed by atoms with van der Waals surface area (Å²) in [5.74, 6) is -1.75. The molecule has 4 nitrogen and oxygen atoms in total. The number of halogens is 3. The second-order valence-electron chi connectivity index (χ2n) is 2.52. The Balaban J connectivity index is 3.39. The van der Waals surface area contributed by atoms with Gasteiger partial charge in [0.2, 0.25) is 0 Å². The van der Waals surface area contributed by atoms with Crippen LogP contribution in [0.3, 0.4) is 0 Å². The molecule has 0 aromatic carbocycles. The van der Waals surface area contributed by atoms with Gasteiger partial charge in [-0.2, -0.15) is 0 Å². The van der Waals surface area contributed by atoms with E-state index in [1.165, 1.54) is 0 Å². The van der Waals surface area contributed by atoms with Crippen LogP contribution in [0.1, 0.15) is 22.5 Å². The summed E-state index contributed by atoms with van der Waals surface area (Å²) in [6, 6.07) is 0. The number of methoxy groups -OCH3 is 1. The van der Waals surface area contributed by atoms with Gasteiger partial charge >= 0.3 is 5.97 Å². The molecule has 0 bridgehead atoms. The van der Waals surface area contributed by atoms with Crippen molar-refractivity contribution in [3.05, 3.63) is 22.5 Å². The number of pyridine rings is 1. The quantitative estimate of drug-likeness (QED) is 0.877. The summed E-state index contributed by atoms with van der Waals surface area (Å²) in [7, 11) is 1.13. The Morgan fingerprint density at radius 1 is 1.67 bits per heavy atom. The molecule has 0 atom stereocenters. The number of aromatic nitrogens is 1. The van der Waals surface area contributed by atoms with E-state index >= 15 is 0 Å². The van der Waals surface area contributed by atoms with Gasteiger partial charge in [-0.3, -0.25) is 0 Å². The fourth-order valence-electron chi connectivity index (χ4n) is 0.975. The van der Waals surface area contributed by atoms with E-state index in [9.17, 15) is 13.6 Å². The highest BCUT2D eigenvalue weighted by molar-refractivity contribution is 6.33. The van der Waals surface area contributed by atoms with Gasteiger partial charge in [-0.05, 0) is 0 Å². The summed E-state index contributed by atoms with van der Waals surface area (Å²) in [5, 5.41) is 8.23. The van der Waals surface area contributed by atoms with Crippen molar-refractivity contribution < 1.29 is 23.4 Å². The van der Waals surface area contributed by atoms with E-state index in [0.717, 1.165) is 13.3 Å². The first-order chi connectivity index (χ1) is 6.99. The molecule has 0 aliphatic heterocycles. The van der Waals surface area contributed by atoms with Crippen LogP contribution in [0.5, 0.6) is 5.75 Å². The van der Waals surface area contributed by atoms with Crippen LogP contribution >= 0.6 is 11.6 Å². The number of carboxylic acid groups (broad SMARTS) is 1. The second kappa shape index (κ2) is 4.39. The lowest BCUT2D eigenvalue weighted by atomic mass is 10.2. The summed E-state index contributed by atoms with van der Waals surface area (Å²) in [4.78, 5) is 14.0. The molecule has 0 spiro atoms. The highest BCUT2D eigenvalue weighted by Crippen LogP contribution is 2.35. The average molecular weight is 238 g/mol. The number of hydrogen-bond donors (Lipinski definition) is 1. The van der Waals surface area contributed by atoms with E-state index in [2.05, 4.69) is 9.72 Å². The maximum atomic E-state index is 12.3. The Kier molecular flexibility index (Phi) is 3.41. The van der Waals surface area contributed by atoms with E-state index in [1.807, 2.05) is 0 Å². The van der Waals surface area contributed by atoms with E-state index in [1.54, 1.807) is 0 Å². The Morgan fingerprint density at radius 2 is 2.27 bits per heavy atom. The number of hydrogen-bond acceptors (Lipinski definition) is 3. The molecule has 0 radical (unpaired) electrons. The molecule has 0 aliphatic carbocycles. The number of rotatable bonds is 3. The maximum absolute atomic E-state index is 12.3. The van der Waals surface area contributed by atoms with Gasteiger partial charge in [-0.15, -0.1) is 0 Å². The molecular weight excluding hydrogens is 232 g/mol. The minimum absolute atomic E-state index is 0.359. The summed E-state index contributed by atoms with van der Waals surface area (Å²) < 4.78 is 29.3. The van der Waals surface area contributed by atoms with Crippen LogP contribution in [-0.4, -0.2) is 23.2 Å². The van der Waals surface area contributed by atoms with Crippen LogP contribution in [0.4, 0.5) is 8.78 Å². The number of ether oxygens (including phenoxy) is 1. The Labute approximate surface area is 88.4 Å². The molecule has 0 amide bonds. The summed E-state index contributed by atoms with van der Waals surface area (Å²) >= 11 is 5.54. The van der Waals surface area contributed by atoms with Gasteiger partial charge in [0.05, 0.1) is 17.7 Å². The smallest absolute Gasteiger partial charge is 0.358 e. The summed E-state index contributed by atoms with van der Waals surface area (Å²) in [5.41, 5.74) is -1.05. The lowest BCUT2D eigenvalue weighted by Gasteiger charge is -2.09. The molecule has 0 aliphatic rings. The number of nitrogens with zero attached hydrogens (tertiary/aromatic N) is 1. The first-order valence-electron chi connectivity index (χ1n) is 3.72. The van der Waals surface area contributed by atoms with Crippen molar-refractivity contribution in [2.24, 2.45) is 0 Å². The number of carboxylic acids is 1. The van der Waals surface area contributed by atoms with Crippen LogP contribution in [0.15, 0.2) is 6.20 Å². The molecule has 0 unspecified atom stereocenters. The second-order valence-corrected chi connectivity index (χ2v) is 2.89. The fourth-order valence-corrected chi connectivity index (χ4v) is 1.27. The van der Waals surface area contributed by atoms with Crippen LogP contribution in [0.2, 0.25) is 5.02 Å². The third-order valence-corrected chi connectivity index (χ3v) is 2.03. The van der Waals surface area contributed by atoms with Gasteiger partial charge < -0.3 is 9.84 Å². The molecule has 82 valence electrons. The van der Waals surface area contributed by atoms with E-state index in [-0.39, 0.29) is 5.75 Å². The van der Waals surface area contributed by atoms with Crippen LogP contribution in [0.25, 0.3) is 0 Å². The lowest BCUT2D eigenvalue weighted by molar-refractivity contribution is 0.0685. The van der Waals surface area contributed by atoms with E-state index in [0.29, 0.717) is 0 Å². The summed E-state index contributed by atoms with van der Waals surface area (Å²) in [6.07, 6.45) is -2.11. The van der Waals surface area contributed by atoms with Crippen LogP contribution < -0.4 is 4.74 Å². The van der Waals surface area contributed by atoms with Gasteiger partial charge in [-0.1, -0.05) is 11.6 Å². The molecule has 0 saturated heterocycles. The van der Waals surface area contributed by atoms with Crippen molar-refractivity contribution >= 4 is 17.6 Å². The normalized spacial score (nSPS) is 10.5. The predicted molar refractivity (Wildman–Crippen MR) is 47.7 cm³/mol. The van der Waals surface area contributed by atoms with E-state index in [4.69, 9.17) is 16.7 Å². The van der Waals surface area contributed by atoms with Crippen molar-refractivity contribution in [2.45, 2.75) is 6.43 Å². The SMILES string of the molecule is COc1c(C(=O)O)ncc(C(F)F)c1Cl. The molecule has 1 aromatic heterocycles. The van der Waals surface area contributed by atoms with Gasteiger partial charge in [0.25, 0.3) is 6.43 Å². The topological polar surface area (TPSA) is 59.4 Å². The molecule has 15 heavy (non-hydrogen) atoms. The van der Waals surface area contributed by atoms with Gasteiger partial charge in [-0.25, -0.2) is 18.6 Å². The predicted octanol–water partition coefficient (Wildman–Crippen LogP) is 2.38. The molecule has 1 heterocycles. The van der Waals surface area contributed by atoms with Crippen molar-refractivity contribution in [3.63, 3.8) is 0 Å². The number of alkyl halides is 2. The maximum Gasteiger partial charge on any atom is 0.358 e. The molecule has 1 aromatic rings. The lowest BCUT2D eigenvalue weighted by Crippen LogP contribution is -2.06. The molecule has 1 rings (SSSR count). The number of aromatic carboxylic acids is 1. The monoisotopic (exact) mass is 237 g/mol.